The Labute approximate surface area is 74.6 Å². The minimum atomic E-state index is -1.42. The van der Waals surface area contributed by atoms with E-state index in [0.29, 0.717) is 0 Å². The van der Waals surface area contributed by atoms with Crippen LogP contribution >= 0.6 is 0 Å². The van der Waals surface area contributed by atoms with Crippen molar-refractivity contribution in [2.75, 3.05) is 7.11 Å². The first-order valence-electron chi connectivity index (χ1n) is 3.75. The van der Waals surface area contributed by atoms with Crippen LogP contribution < -0.4 is 0 Å². The molecule has 0 radical (unpaired) electrons. The first kappa shape index (κ1) is 9.88. The average Bonchev–Trinajstić information content (AvgIpc) is 2.12. The monoisotopic (exact) mass is 186 g/mol. The topological polar surface area (TPSA) is 83.8 Å². The fourth-order valence-corrected chi connectivity index (χ4v) is 1.12. The summed E-state index contributed by atoms with van der Waals surface area (Å²) in [6, 6.07) is 0. The molecule has 2 atom stereocenters. The highest BCUT2D eigenvalue weighted by atomic mass is 16.5. The summed E-state index contributed by atoms with van der Waals surface area (Å²) in [6.45, 7) is 0. The van der Waals surface area contributed by atoms with Crippen molar-refractivity contribution in [1.29, 1.82) is 0 Å². The predicted molar refractivity (Wildman–Crippen MR) is 41.7 cm³/mol. The SMILES string of the molecule is COC(=O)C1=CC(=O)[C@@H](O)[C@H](O)C1. The van der Waals surface area contributed by atoms with Gasteiger partial charge in [0.05, 0.1) is 13.2 Å². The minimum Gasteiger partial charge on any atom is -0.466 e. The molecular formula is C8H10O5. The molecule has 5 nitrogen and oxygen atoms in total. The lowest BCUT2D eigenvalue weighted by molar-refractivity contribution is -0.139. The van der Waals surface area contributed by atoms with E-state index in [0.717, 1.165) is 6.08 Å². The summed E-state index contributed by atoms with van der Waals surface area (Å²) in [5.74, 6) is -1.32. The van der Waals surface area contributed by atoms with E-state index in [2.05, 4.69) is 4.74 Å². The van der Waals surface area contributed by atoms with Crippen LogP contribution in [0, 0.1) is 0 Å². The van der Waals surface area contributed by atoms with Crippen LogP contribution in [0.4, 0.5) is 0 Å². The lowest BCUT2D eigenvalue weighted by atomic mass is 9.93. The molecule has 0 fully saturated rings. The third-order valence-electron chi connectivity index (χ3n) is 1.85. The Hall–Kier alpha value is -1.20. The fourth-order valence-electron chi connectivity index (χ4n) is 1.12. The van der Waals surface area contributed by atoms with Crippen LogP contribution in [0.1, 0.15) is 6.42 Å². The third-order valence-corrected chi connectivity index (χ3v) is 1.85. The number of hydrogen-bond acceptors (Lipinski definition) is 5. The van der Waals surface area contributed by atoms with Crippen LogP contribution in [0.5, 0.6) is 0 Å². The molecule has 0 aromatic heterocycles. The normalized spacial score (nSPS) is 28.2. The van der Waals surface area contributed by atoms with Gasteiger partial charge in [0.1, 0.15) is 6.10 Å². The highest BCUT2D eigenvalue weighted by molar-refractivity contribution is 6.03. The first-order valence-corrected chi connectivity index (χ1v) is 3.75. The molecular weight excluding hydrogens is 176 g/mol. The Morgan fingerprint density at radius 1 is 1.62 bits per heavy atom. The van der Waals surface area contributed by atoms with Crippen molar-refractivity contribution in [1.82, 2.24) is 0 Å². The van der Waals surface area contributed by atoms with Gasteiger partial charge in [-0.15, -0.1) is 0 Å². The van der Waals surface area contributed by atoms with Crippen LogP contribution in [0.15, 0.2) is 11.6 Å². The van der Waals surface area contributed by atoms with Crippen LogP contribution in [0.3, 0.4) is 0 Å². The second-order valence-electron chi connectivity index (χ2n) is 2.78. The molecule has 0 amide bonds. The van der Waals surface area contributed by atoms with Crippen LogP contribution in [0.25, 0.3) is 0 Å². The highest BCUT2D eigenvalue weighted by Crippen LogP contribution is 2.17. The first-order chi connectivity index (χ1) is 6.06. The maximum absolute atomic E-state index is 10.9. The number of ketones is 1. The van der Waals surface area contributed by atoms with Crippen molar-refractivity contribution < 1.29 is 24.5 Å². The summed E-state index contributed by atoms with van der Waals surface area (Å²) in [7, 11) is 1.19. The minimum absolute atomic E-state index is 0.0560. The standard InChI is InChI=1S/C8H10O5/c1-13-8(12)4-2-5(9)7(11)6(10)3-4/h2,6-7,10-11H,3H2,1H3/t6-,7-/m1/s1. The van der Waals surface area contributed by atoms with Crippen molar-refractivity contribution in [3.63, 3.8) is 0 Å². The van der Waals surface area contributed by atoms with Crippen molar-refractivity contribution in [2.45, 2.75) is 18.6 Å². The van der Waals surface area contributed by atoms with E-state index in [1.54, 1.807) is 0 Å². The Kier molecular flexibility index (Phi) is 2.79. The maximum Gasteiger partial charge on any atom is 0.333 e. The molecule has 0 aromatic rings. The van der Waals surface area contributed by atoms with E-state index < -0.39 is 24.0 Å². The maximum atomic E-state index is 10.9. The van der Waals surface area contributed by atoms with Gasteiger partial charge in [0.2, 0.25) is 0 Å². The molecule has 72 valence electrons. The summed E-state index contributed by atoms with van der Waals surface area (Å²) in [5, 5.41) is 18.2. The molecule has 0 saturated carbocycles. The molecule has 1 rings (SSSR count). The van der Waals surface area contributed by atoms with Gasteiger partial charge in [0.15, 0.2) is 5.78 Å². The summed E-state index contributed by atoms with van der Waals surface area (Å²) in [5.41, 5.74) is 0.0882. The van der Waals surface area contributed by atoms with Crippen molar-refractivity contribution in [2.24, 2.45) is 0 Å². The molecule has 0 aliphatic heterocycles. The second kappa shape index (κ2) is 3.68. The van der Waals surface area contributed by atoms with Crippen molar-refractivity contribution >= 4 is 11.8 Å². The Morgan fingerprint density at radius 3 is 2.69 bits per heavy atom. The number of esters is 1. The zero-order valence-corrected chi connectivity index (χ0v) is 7.06. The second-order valence-corrected chi connectivity index (χ2v) is 2.78. The van der Waals surface area contributed by atoms with Gasteiger partial charge in [0.25, 0.3) is 0 Å². The summed E-state index contributed by atoms with van der Waals surface area (Å²) >= 11 is 0. The molecule has 0 aromatic carbocycles. The van der Waals surface area contributed by atoms with Gasteiger partial charge in [-0.25, -0.2) is 4.79 Å². The molecule has 2 N–H and O–H groups in total. The van der Waals surface area contributed by atoms with E-state index in [1.807, 2.05) is 0 Å². The summed E-state index contributed by atoms with van der Waals surface area (Å²) < 4.78 is 4.37. The number of aliphatic hydroxyl groups excluding tert-OH is 2. The molecule has 1 aliphatic rings. The largest absolute Gasteiger partial charge is 0.466 e. The van der Waals surface area contributed by atoms with E-state index in [4.69, 9.17) is 10.2 Å². The molecule has 0 saturated heterocycles. The highest BCUT2D eigenvalue weighted by Gasteiger charge is 2.31. The molecule has 13 heavy (non-hydrogen) atoms. The molecule has 1 aliphatic carbocycles. The number of ether oxygens (including phenoxy) is 1. The fraction of sp³-hybridized carbons (Fsp3) is 0.500. The third kappa shape index (κ3) is 1.93. The van der Waals surface area contributed by atoms with E-state index >= 15 is 0 Å². The van der Waals surface area contributed by atoms with E-state index in [9.17, 15) is 9.59 Å². The Balaban J connectivity index is 2.85. The zero-order valence-electron chi connectivity index (χ0n) is 7.06. The number of carbonyl (C=O) groups excluding carboxylic acids is 2. The summed E-state index contributed by atoms with van der Waals surface area (Å²) in [4.78, 5) is 21.9. The number of aliphatic hydroxyl groups is 2. The molecule has 0 heterocycles. The van der Waals surface area contributed by atoms with Crippen molar-refractivity contribution in [3.05, 3.63) is 11.6 Å². The quantitative estimate of drug-likeness (QED) is 0.501. The van der Waals surface area contributed by atoms with Gasteiger partial charge in [-0.2, -0.15) is 0 Å². The lowest BCUT2D eigenvalue weighted by Crippen LogP contribution is -2.37. The number of hydrogen-bond donors (Lipinski definition) is 2. The van der Waals surface area contributed by atoms with Crippen LogP contribution in [-0.4, -0.2) is 41.3 Å². The Morgan fingerprint density at radius 2 is 2.23 bits per heavy atom. The van der Waals surface area contributed by atoms with Gasteiger partial charge < -0.3 is 14.9 Å². The van der Waals surface area contributed by atoms with Crippen LogP contribution in [0.2, 0.25) is 0 Å². The van der Waals surface area contributed by atoms with Gasteiger partial charge in [-0.3, -0.25) is 4.79 Å². The van der Waals surface area contributed by atoms with Gasteiger partial charge in [-0.1, -0.05) is 0 Å². The smallest absolute Gasteiger partial charge is 0.333 e. The van der Waals surface area contributed by atoms with E-state index in [-0.39, 0.29) is 12.0 Å². The van der Waals surface area contributed by atoms with Gasteiger partial charge >= 0.3 is 5.97 Å². The Bertz CT molecular complexity index is 268. The molecule has 0 unspecified atom stereocenters. The lowest BCUT2D eigenvalue weighted by Gasteiger charge is -2.20. The molecule has 5 heteroatoms. The van der Waals surface area contributed by atoms with Crippen molar-refractivity contribution in [3.8, 4) is 0 Å². The van der Waals surface area contributed by atoms with Gasteiger partial charge in [0, 0.05) is 12.0 Å². The summed E-state index contributed by atoms with van der Waals surface area (Å²) in [6.07, 6.45) is -1.69. The van der Waals surface area contributed by atoms with E-state index in [1.165, 1.54) is 7.11 Å². The molecule has 0 bridgehead atoms. The van der Waals surface area contributed by atoms with Crippen LogP contribution in [-0.2, 0) is 14.3 Å². The molecule has 0 spiro atoms. The number of methoxy groups -OCH3 is 1. The average molecular weight is 186 g/mol. The van der Waals surface area contributed by atoms with Gasteiger partial charge in [-0.05, 0) is 6.08 Å². The number of rotatable bonds is 1. The zero-order chi connectivity index (χ0) is 10.0. The predicted octanol–water partition coefficient (Wildman–Crippen LogP) is -1.22. The number of carbonyl (C=O) groups is 2.